The van der Waals surface area contributed by atoms with Crippen molar-refractivity contribution >= 4 is 11.7 Å². The van der Waals surface area contributed by atoms with Crippen molar-refractivity contribution in [2.75, 3.05) is 18.0 Å². The third-order valence-corrected chi connectivity index (χ3v) is 4.61. The normalized spacial score (nSPS) is 23.1. The van der Waals surface area contributed by atoms with Crippen molar-refractivity contribution in [3.05, 3.63) is 29.8 Å². The van der Waals surface area contributed by atoms with Crippen molar-refractivity contribution in [3.63, 3.8) is 0 Å². The van der Waals surface area contributed by atoms with Gasteiger partial charge in [0.2, 0.25) is 0 Å². The van der Waals surface area contributed by atoms with Gasteiger partial charge in [-0.05, 0) is 44.2 Å². The summed E-state index contributed by atoms with van der Waals surface area (Å²) in [6, 6.07) is 8.89. The van der Waals surface area contributed by atoms with Crippen LogP contribution in [0.2, 0.25) is 0 Å². The summed E-state index contributed by atoms with van der Waals surface area (Å²) in [5, 5.41) is 0. The van der Waals surface area contributed by atoms with Gasteiger partial charge in [-0.2, -0.15) is 0 Å². The van der Waals surface area contributed by atoms with Crippen LogP contribution in [0.5, 0.6) is 0 Å². The van der Waals surface area contributed by atoms with E-state index in [0.29, 0.717) is 6.04 Å². The second-order valence-corrected chi connectivity index (χ2v) is 6.07. The van der Waals surface area contributed by atoms with Crippen LogP contribution in [0.15, 0.2) is 24.3 Å². The molecule has 3 rings (SSSR count). The Balaban J connectivity index is 1.86. The SMILES string of the molecule is CC1CCc2ccccc2N1C(=O)N1CCCCCC1. The van der Waals surface area contributed by atoms with Crippen molar-refractivity contribution in [2.24, 2.45) is 0 Å². The molecule has 2 amide bonds. The molecule has 1 saturated heterocycles. The highest BCUT2D eigenvalue weighted by molar-refractivity contribution is 5.94. The van der Waals surface area contributed by atoms with Gasteiger partial charge in [-0.3, -0.25) is 4.90 Å². The molecule has 3 nitrogen and oxygen atoms in total. The number of para-hydroxylation sites is 1. The summed E-state index contributed by atoms with van der Waals surface area (Å²) in [6.45, 7) is 4.01. The monoisotopic (exact) mass is 272 g/mol. The summed E-state index contributed by atoms with van der Waals surface area (Å²) in [4.78, 5) is 17.0. The highest BCUT2D eigenvalue weighted by atomic mass is 16.2. The third kappa shape index (κ3) is 2.54. The van der Waals surface area contributed by atoms with Crippen molar-refractivity contribution in [3.8, 4) is 0 Å². The minimum Gasteiger partial charge on any atom is -0.324 e. The fourth-order valence-electron chi connectivity index (χ4n) is 3.39. The number of nitrogens with zero attached hydrogens (tertiary/aromatic N) is 2. The van der Waals surface area contributed by atoms with E-state index < -0.39 is 0 Å². The number of rotatable bonds is 0. The smallest absolute Gasteiger partial charge is 0.324 e. The summed E-state index contributed by atoms with van der Waals surface area (Å²) in [7, 11) is 0. The van der Waals surface area contributed by atoms with E-state index in [4.69, 9.17) is 0 Å². The van der Waals surface area contributed by atoms with E-state index >= 15 is 0 Å². The van der Waals surface area contributed by atoms with Crippen LogP contribution < -0.4 is 4.90 Å². The molecule has 1 aromatic carbocycles. The standard InChI is InChI=1S/C17H24N2O/c1-14-10-11-15-8-4-5-9-16(15)19(14)17(20)18-12-6-2-3-7-13-18/h4-5,8-9,14H,2-3,6-7,10-13H2,1H3. The molecular formula is C17H24N2O. The molecule has 1 aromatic rings. The van der Waals surface area contributed by atoms with Crippen LogP contribution in [-0.4, -0.2) is 30.1 Å². The first kappa shape index (κ1) is 13.5. The molecule has 2 aliphatic heterocycles. The molecule has 0 aromatic heterocycles. The Morgan fingerprint density at radius 3 is 2.55 bits per heavy atom. The number of aryl methyl sites for hydroxylation is 1. The zero-order valence-electron chi connectivity index (χ0n) is 12.3. The van der Waals surface area contributed by atoms with Crippen LogP contribution in [0.25, 0.3) is 0 Å². The average molecular weight is 272 g/mol. The molecule has 0 saturated carbocycles. The summed E-state index contributed by atoms with van der Waals surface area (Å²) in [6.07, 6.45) is 6.97. The van der Waals surface area contributed by atoms with Crippen LogP contribution in [-0.2, 0) is 6.42 Å². The van der Waals surface area contributed by atoms with E-state index in [1.54, 1.807) is 0 Å². The lowest BCUT2D eigenvalue weighted by atomic mass is 9.97. The minimum absolute atomic E-state index is 0.214. The first-order valence-corrected chi connectivity index (χ1v) is 7.93. The number of hydrogen-bond acceptors (Lipinski definition) is 1. The molecule has 1 unspecified atom stereocenters. The van der Waals surface area contributed by atoms with E-state index in [0.717, 1.165) is 44.5 Å². The fraction of sp³-hybridized carbons (Fsp3) is 0.588. The van der Waals surface area contributed by atoms with Crippen molar-refractivity contribution in [2.45, 2.75) is 51.5 Å². The van der Waals surface area contributed by atoms with Crippen molar-refractivity contribution in [1.29, 1.82) is 0 Å². The van der Waals surface area contributed by atoms with E-state index in [1.807, 2.05) is 11.0 Å². The molecule has 0 radical (unpaired) electrons. The maximum Gasteiger partial charge on any atom is 0.324 e. The van der Waals surface area contributed by atoms with Gasteiger partial charge in [0, 0.05) is 24.8 Å². The van der Waals surface area contributed by atoms with E-state index in [1.165, 1.54) is 18.4 Å². The predicted molar refractivity (Wildman–Crippen MR) is 82.1 cm³/mol. The Bertz CT molecular complexity index is 478. The van der Waals surface area contributed by atoms with Gasteiger partial charge in [-0.25, -0.2) is 4.79 Å². The molecule has 2 heterocycles. The number of carbonyl (C=O) groups is 1. The lowest BCUT2D eigenvalue weighted by molar-refractivity contribution is 0.203. The quantitative estimate of drug-likeness (QED) is 0.704. The van der Waals surface area contributed by atoms with Crippen LogP contribution in [0.1, 0.15) is 44.6 Å². The predicted octanol–water partition coefficient (Wildman–Crippen LogP) is 3.82. The van der Waals surface area contributed by atoms with Gasteiger partial charge in [0.1, 0.15) is 0 Å². The fourth-order valence-corrected chi connectivity index (χ4v) is 3.39. The molecule has 2 aliphatic rings. The number of urea groups is 1. The van der Waals surface area contributed by atoms with Gasteiger partial charge >= 0.3 is 6.03 Å². The highest BCUT2D eigenvalue weighted by Gasteiger charge is 2.31. The average Bonchev–Trinajstić information content (AvgIpc) is 2.75. The molecule has 3 heteroatoms. The van der Waals surface area contributed by atoms with Gasteiger partial charge < -0.3 is 4.90 Å². The maximum absolute atomic E-state index is 12.9. The Hall–Kier alpha value is -1.51. The Morgan fingerprint density at radius 1 is 1.10 bits per heavy atom. The first-order valence-electron chi connectivity index (χ1n) is 7.93. The number of fused-ring (bicyclic) bond motifs is 1. The number of benzene rings is 1. The molecule has 0 bridgehead atoms. The lowest BCUT2D eigenvalue weighted by Crippen LogP contribution is -2.49. The van der Waals surface area contributed by atoms with E-state index in [2.05, 4.69) is 30.0 Å². The number of carbonyl (C=O) groups excluding carboxylic acids is 1. The highest BCUT2D eigenvalue weighted by Crippen LogP contribution is 2.31. The number of likely N-dealkylation sites (tertiary alicyclic amines) is 1. The Labute approximate surface area is 121 Å². The minimum atomic E-state index is 0.214. The molecular weight excluding hydrogens is 248 g/mol. The second-order valence-electron chi connectivity index (χ2n) is 6.07. The molecule has 0 N–H and O–H groups in total. The maximum atomic E-state index is 12.9. The van der Waals surface area contributed by atoms with Crippen LogP contribution in [0.3, 0.4) is 0 Å². The number of anilines is 1. The summed E-state index contributed by atoms with van der Waals surface area (Å²) in [5.41, 5.74) is 2.44. The van der Waals surface area contributed by atoms with Crippen molar-refractivity contribution in [1.82, 2.24) is 4.90 Å². The van der Waals surface area contributed by atoms with E-state index in [-0.39, 0.29) is 6.03 Å². The third-order valence-electron chi connectivity index (χ3n) is 4.61. The Kier molecular flexibility index (Phi) is 3.95. The molecule has 20 heavy (non-hydrogen) atoms. The van der Waals surface area contributed by atoms with Gasteiger partial charge in [0.15, 0.2) is 0 Å². The van der Waals surface area contributed by atoms with Gasteiger partial charge in [0.05, 0.1) is 0 Å². The number of amides is 2. The molecule has 0 spiro atoms. The number of hydrogen-bond donors (Lipinski definition) is 0. The lowest BCUT2D eigenvalue weighted by Gasteiger charge is -2.38. The Morgan fingerprint density at radius 2 is 1.80 bits per heavy atom. The first-order chi connectivity index (χ1) is 9.77. The molecule has 108 valence electrons. The van der Waals surface area contributed by atoms with Gasteiger partial charge in [-0.15, -0.1) is 0 Å². The zero-order chi connectivity index (χ0) is 13.9. The molecule has 1 atom stereocenters. The summed E-state index contributed by atoms with van der Waals surface area (Å²) < 4.78 is 0. The molecule has 0 aliphatic carbocycles. The zero-order valence-corrected chi connectivity index (χ0v) is 12.3. The largest absolute Gasteiger partial charge is 0.324 e. The molecule has 1 fully saturated rings. The van der Waals surface area contributed by atoms with Crippen molar-refractivity contribution < 1.29 is 4.79 Å². The van der Waals surface area contributed by atoms with Crippen LogP contribution in [0.4, 0.5) is 10.5 Å². The van der Waals surface area contributed by atoms with Crippen LogP contribution >= 0.6 is 0 Å². The summed E-state index contributed by atoms with van der Waals surface area (Å²) in [5.74, 6) is 0. The topological polar surface area (TPSA) is 23.6 Å². The summed E-state index contributed by atoms with van der Waals surface area (Å²) >= 11 is 0. The van der Waals surface area contributed by atoms with Gasteiger partial charge in [0.25, 0.3) is 0 Å². The van der Waals surface area contributed by atoms with Crippen LogP contribution in [0, 0.1) is 0 Å². The van der Waals surface area contributed by atoms with E-state index in [9.17, 15) is 4.79 Å². The second kappa shape index (κ2) is 5.86. The van der Waals surface area contributed by atoms with Gasteiger partial charge in [-0.1, -0.05) is 31.0 Å².